The van der Waals surface area contributed by atoms with Crippen LogP contribution in [0.15, 0.2) is 40.9 Å². The fourth-order valence-corrected chi connectivity index (χ4v) is 6.28. The van der Waals surface area contributed by atoms with Gasteiger partial charge in [0, 0.05) is 24.9 Å². The van der Waals surface area contributed by atoms with Crippen LogP contribution in [0.2, 0.25) is 0 Å². The predicted octanol–water partition coefficient (Wildman–Crippen LogP) is 8.72. The second-order valence-corrected chi connectivity index (χ2v) is 13.3. The molecule has 1 aliphatic rings. The third-order valence-corrected chi connectivity index (χ3v) is 8.70. The second kappa shape index (κ2) is 21.8. The number of nitrogens with two attached hydrogens (primary N) is 1. The first-order valence-electron chi connectivity index (χ1n) is 18.2. The minimum Gasteiger partial charge on any atom is -0.496 e. The quantitative estimate of drug-likeness (QED) is 0.0922. The first-order chi connectivity index (χ1) is 22.6. The maximum atomic E-state index is 14.0. The van der Waals surface area contributed by atoms with Gasteiger partial charge in [-0.15, -0.1) is 0 Å². The molecule has 1 aromatic rings. The number of unbranched alkanes of at least 4 members (excludes halogenated alkanes) is 12. The van der Waals surface area contributed by atoms with Gasteiger partial charge in [0.05, 0.1) is 30.8 Å². The van der Waals surface area contributed by atoms with Gasteiger partial charge in [-0.2, -0.15) is 0 Å². The zero-order valence-electron chi connectivity index (χ0n) is 30.8. The largest absolute Gasteiger partial charge is 0.496 e. The molecular formula is C39H64N2O6. The average Bonchev–Trinajstić information content (AvgIpc) is 3.02. The molecule has 1 aliphatic heterocycles. The van der Waals surface area contributed by atoms with E-state index in [9.17, 15) is 9.59 Å². The lowest BCUT2D eigenvalue weighted by Gasteiger charge is -2.37. The van der Waals surface area contributed by atoms with Crippen LogP contribution >= 0.6 is 0 Å². The summed E-state index contributed by atoms with van der Waals surface area (Å²) >= 11 is 0. The molecule has 0 saturated carbocycles. The molecule has 8 nitrogen and oxygen atoms in total. The topological polar surface area (TPSA) is 100 Å². The van der Waals surface area contributed by atoms with Crippen LogP contribution in [0.5, 0.6) is 5.75 Å². The standard InChI is InChI=1S/C39H64N2O6/c1-9-10-11-12-13-14-15-16-17-18-19-20-21-23-31-24-22-25-32(44-8)34(31)35-33(38(42)46-28(2)3)30(6)41(7)37(45-27-26-40)36(35)39(43)47-29(4)5/h22,24-25,28-29,35H,9-21,23,26-27,40H2,1-8H3. The molecule has 2 rings (SSSR count). The van der Waals surface area contributed by atoms with E-state index in [0.29, 0.717) is 22.9 Å². The van der Waals surface area contributed by atoms with Crippen LogP contribution in [0.4, 0.5) is 0 Å². The summed E-state index contributed by atoms with van der Waals surface area (Å²) in [5, 5.41) is 0. The highest BCUT2D eigenvalue weighted by Gasteiger charge is 2.44. The van der Waals surface area contributed by atoms with Crippen molar-refractivity contribution < 1.29 is 28.5 Å². The highest BCUT2D eigenvalue weighted by atomic mass is 16.6. The van der Waals surface area contributed by atoms with Crippen LogP contribution in [0.25, 0.3) is 0 Å². The van der Waals surface area contributed by atoms with Crippen molar-refractivity contribution in [2.45, 2.75) is 150 Å². The van der Waals surface area contributed by atoms with E-state index in [4.69, 9.17) is 24.7 Å². The normalized spacial score (nSPS) is 15.1. The number of methoxy groups -OCH3 is 1. The predicted molar refractivity (Wildman–Crippen MR) is 190 cm³/mol. The zero-order valence-corrected chi connectivity index (χ0v) is 30.8. The number of ether oxygens (including phenoxy) is 4. The number of benzene rings is 1. The Morgan fingerprint density at radius 2 is 1.32 bits per heavy atom. The van der Waals surface area contributed by atoms with E-state index >= 15 is 0 Å². The Kier molecular flexibility index (Phi) is 18.6. The third kappa shape index (κ3) is 12.5. The van der Waals surface area contributed by atoms with Crippen LogP contribution in [0, 0.1) is 0 Å². The molecule has 0 saturated heterocycles. The fourth-order valence-electron chi connectivity index (χ4n) is 6.28. The van der Waals surface area contributed by atoms with E-state index in [1.54, 1.807) is 32.9 Å². The van der Waals surface area contributed by atoms with E-state index in [2.05, 4.69) is 13.0 Å². The number of hydrogen-bond donors (Lipinski definition) is 1. The van der Waals surface area contributed by atoms with Crippen LogP contribution in [-0.4, -0.2) is 56.4 Å². The van der Waals surface area contributed by atoms with Crippen LogP contribution < -0.4 is 10.5 Å². The minimum atomic E-state index is -0.815. The maximum absolute atomic E-state index is 14.0. The molecule has 0 fully saturated rings. The summed E-state index contributed by atoms with van der Waals surface area (Å²) in [5.74, 6) is -0.932. The highest BCUT2D eigenvalue weighted by Crippen LogP contribution is 2.47. The van der Waals surface area contributed by atoms with Crippen molar-refractivity contribution in [1.29, 1.82) is 0 Å². The molecule has 1 aromatic carbocycles. The number of aryl methyl sites for hydroxylation is 1. The molecule has 0 amide bonds. The molecule has 8 heteroatoms. The minimum absolute atomic E-state index is 0.196. The van der Waals surface area contributed by atoms with Crippen molar-refractivity contribution in [1.82, 2.24) is 4.90 Å². The molecule has 1 atom stereocenters. The average molecular weight is 657 g/mol. The van der Waals surface area contributed by atoms with Crippen LogP contribution in [0.3, 0.4) is 0 Å². The van der Waals surface area contributed by atoms with E-state index in [0.717, 1.165) is 30.4 Å². The first-order valence-corrected chi connectivity index (χ1v) is 18.2. The molecule has 47 heavy (non-hydrogen) atoms. The van der Waals surface area contributed by atoms with Crippen LogP contribution in [-0.2, 0) is 30.2 Å². The zero-order chi connectivity index (χ0) is 34.8. The number of allylic oxidation sites excluding steroid dienone is 1. The van der Waals surface area contributed by atoms with Gasteiger partial charge < -0.3 is 29.6 Å². The Hall–Kier alpha value is -3.00. The monoisotopic (exact) mass is 656 g/mol. The Balaban J connectivity index is 2.37. The summed E-state index contributed by atoms with van der Waals surface area (Å²) in [6.07, 6.45) is 16.7. The summed E-state index contributed by atoms with van der Waals surface area (Å²) in [5.41, 5.74) is 8.86. The van der Waals surface area contributed by atoms with Gasteiger partial charge in [-0.25, -0.2) is 9.59 Å². The lowest BCUT2D eigenvalue weighted by atomic mass is 9.78. The summed E-state index contributed by atoms with van der Waals surface area (Å²) in [4.78, 5) is 29.6. The van der Waals surface area contributed by atoms with Crippen molar-refractivity contribution in [2.75, 3.05) is 27.3 Å². The van der Waals surface area contributed by atoms with Crippen molar-refractivity contribution in [2.24, 2.45) is 5.73 Å². The van der Waals surface area contributed by atoms with E-state index in [1.807, 2.05) is 32.9 Å². The summed E-state index contributed by atoms with van der Waals surface area (Å²) in [6.45, 7) is 11.8. The molecule has 0 radical (unpaired) electrons. The molecule has 0 bridgehead atoms. The maximum Gasteiger partial charge on any atom is 0.340 e. The molecule has 2 N–H and O–H groups in total. The molecular weight excluding hydrogens is 592 g/mol. The Morgan fingerprint density at radius 1 is 0.809 bits per heavy atom. The van der Waals surface area contributed by atoms with Crippen molar-refractivity contribution in [3.8, 4) is 5.75 Å². The SMILES string of the molecule is CCCCCCCCCCCCCCCc1cccc(OC)c1C1C(C(=O)OC(C)C)=C(C)N(C)C(OCCN)=C1C(=O)OC(C)C. The molecule has 266 valence electrons. The van der Waals surface area contributed by atoms with Gasteiger partial charge in [-0.3, -0.25) is 0 Å². The number of carbonyl (C=O) groups is 2. The van der Waals surface area contributed by atoms with Crippen molar-refractivity contribution in [3.05, 3.63) is 52.1 Å². The Bertz CT molecular complexity index is 1170. The fraction of sp³-hybridized carbons (Fsp3) is 0.692. The van der Waals surface area contributed by atoms with Gasteiger partial charge >= 0.3 is 11.9 Å². The lowest BCUT2D eigenvalue weighted by Crippen LogP contribution is -2.37. The summed E-state index contributed by atoms with van der Waals surface area (Å²) in [6, 6.07) is 5.93. The molecule has 1 heterocycles. The van der Waals surface area contributed by atoms with Crippen LogP contribution in [0.1, 0.15) is 142 Å². The second-order valence-electron chi connectivity index (χ2n) is 13.3. The van der Waals surface area contributed by atoms with Crippen molar-refractivity contribution >= 4 is 11.9 Å². The summed E-state index contributed by atoms with van der Waals surface area (Å²) < 4.78 is 23.6. The van der Waals surface area contributed by atoms with Crippen molar-refractivity contribution in [3.63, 3.8) is 0 Å². The molecule has 1 unspecified atom stereocenters. The van der Waals surface area contributed by atoms with E-state index in [-0.39, 0.29) is 30.9 Å². The van der Waals surface area contributed by atoms with Gasteiger partial charge in [0.25, 0.3) is 0 Å². The number of nitrogens with zero attached hydrogens (tertiary/aromatic N) is 1. The lowest BCUT2D eigenvalue weighted by molar-refractivity contribution is -0.144. The Morgan fingerprint density at radius 3 is 1.81 bits per heavy atom. The molecule has 0 aliphatic carbocycles. The summed E-state index contributed by atoms with van der Waals surface area (Å²) in [7, 11) is 3.40. The highest BCUT2D eigenvalue weighted by molar-refractivity contribution is 6.00. The number of esters is 2. The number of carbonyl (C=O) groups excluding carboxylic acids is 2. The van der Waals surface area contributed by atoms with Gasteiger partial charge in [-0.05, 0) is 59.1 Å². The van der Waals surface area contributed by atoms with E-state index in [1.165, 1.54) is 70.6 Å². The van der Waals surface area contributed by atoms with E-state index < -0.39 is 17.9 Å². The molecule has 0 spiro atoms. The molecule has 0 aromatic heterocycles. The first kappa shape index (κ1) is 40.2. The number of hydrogen-bond acceptors (Lipinski definition) is 8. The Labute approximate surface area is 285 Å². The van der Waals surface area contributed by atoms with Gasteiger partial charge in [-0.1, -0.05) is 96.1 Å². The smallest absolute Gasteiger partial charge is 0.340 e. The van der Waals surface area contributed by atoms with Gasteiger partial charge in [0.2, 0.25) is 5.88 Å². The number of rotatable bonds is 23. The third-order valence-electron chi connectivity index (χ3n) is 8.70. The van der Waals surface area contributed by atoms with Gasteiger partial charge in [0.15, 0.2) is 0 Å². The van der Waals surface area contributed by atoms with Gasteiger partial charge in [0.1, 0.15) is 17.9 Å².